The fourth-order valence-electron chi connectivity index (χ4n) is 11.6. The Kier molecular flexibility index (Phi) is 8.26. The fraction of sp³-hybridized carbons (Fsp3) is 0.175. The van der Waals surface area contributed by atoms with Gasteiger partial charge in [0.05, 0.1) is 17.5 Å². The highest BCUT2D eigenvalue weighted by Gasteiger charge is 2.47. The molecule has 6 aromatic rings. The average Bonchev–Trinajstić information content (AvgIpc) is 3.86. The van der Waals surface area contributed by atoms with Gasteiger partial charge in [-0.1, -0.05) is 158 Å². The van der Waals surface area contributed by atoms with Gasteiger partial charge in [-0.25, -0.2) is 4.99 Å². The van der Waals surface area contributed by atoms with Crippen LogP contribution < -0.4 is 15.5 Å². The van der Waals surface area contributed by atoms with Gasteiger partial charge in [-0.2, -0.15) is 0 Å². The maximum atomic E-state index is 5.43. The summed E-state index contributed by atoms with van der Waals surface area (Å²) in [5.41, 5.74) is 18.5. The molecule has 300 valence electrons. The molecule has 13 rings (SSSR count). The first kappa shape index (κ1) is 35.8. The fourth-order valence-corrected chi connectivity index (χ4v) is 11.6. The molecule has 0 amide bonds. The van der Waals surface area contributed by atoms with Crippen molar-refractivity contribution in [2.75, 3.05) is 4.90 Å². The molecular weight excluding hydrogens is 755 g/mol. The van der Waals surface area contributed by atoms with Crippen LogP contribution in [-0.2, 0) is 6.42 Å². The van der Waals surface area contributed by atoms with Crippen LogP contribution in [0.1, 0.15) is 77.2 Å². The monoisotopic (exact) mass is 801 g/mol. The van der Waals surface area contributed by atoms with Crippen LogP contribution in [0.15, 0.2) is 203 Å². The van der Waals surface area contributed by atoms with E-state index in [0.29, 0.717) is 0 Å². The van der Waals surface area contributed by atoms with Crippen molar-refractivity contribution in [3.05, 3.63) is 231 Å². The van der Waals surface area contributed by atoms with E-state index >= 15 is 0 Å². The van der Waals surface area contributed by atoms with E-state index in [1.54, 1.807) is 0 Å². The topological polar surface area (TPSA) is 44.6 Å². The van der Waals surface area contributed by atoms with Gasteiger partial charge in [0.15, 0.2) is 0 Å². The Balaban J connectivity index is 0.965. The van der Waals surface area contributed by atoms with E-state index in [0.717, 1.165) is 37.9 Å². The number of para-hydroxylation sites is 2. The number of nitrogens with one attached hydrogen (secondary N) is 2. The smallest absolute Gasteiger partial charge is 0.132 e. The zero-order chi connectivity index (χ0) is 40.7. The molecule has 0 saturated heterocycles. The molecular formula is C57H47N5. The Morgan fingerprint density at radius 2 is 1.50 bits per heavy atom. The number of fused-ring (bicyclic) bond motifs is 10. The third-order valence-corrected chi connectivity index (χ3v) is 14.3. The first-order chi connectivity index (χ1) is 30.8. The number of amidine groups is 1. The molecule has 0 bridgehead atoms. The average molecular weight is 802 g/mol. The minimum atomic E-state index is -0.161. The predicted octanol–water partition coefficient (Wildman–Crippen LogP) is 12.5. The van der Waals surface area contributed by atoms with Gasteiger partial charge in [-0.3, -0.25) is 5.32 Å². The van der Waals surface area contributed by atoms with Crippen molar-refractivity contribution < 1.29 is 0 Å². The second-order valence-electron chi connectivity index (χ2n) is 17.6. The van der Waals surface area contributed by atoms with Crippen LogP contribution in [-0.4, -0.2) is 16.6 Å². The number of anilines is 1. The van der Waals surface area contributed by atoms with E-state index in [9.17, 15) is 0 Å². The first-order valence-electron chi connectivity index (χ1n) is 22.5. The van der Waals surface area contributed by atoms with Crippen molar-refractivity contribution in [2.24, 2.45) is 10.9 Å². The Morgan fingerprint density at radius 1 is 0.661 bits per heavy atom. The number of nitrogens with zero attached hydrogens (tertiary/aromatic N) is 3. The molecule has 0 spiro atoms. The van der Waals surface area contributed by atoms with Crippen molar-refractivity contribution >= 4 is 45.5 Å². The number of benzene rings is 5. The molecule has 1 aromatic heterocycles. The quantitative estimate of drug-likeness (QED) is 0.182. The minimum absolute atomic E-state index is 0.0142. The van der Waals surface area contributed by atoms with Crippen molar-refractivity contribution in [1.29, 1.82) is 0 Å². The first-order valence-corrected chi connectivity index (χ1v) is 22.5. The van der Waals surface area contributed by atoms with E-state index < -0.39 is 0 Å². The van der Waals surface area contributed by atoms with Crippen LogP contribution in [0.25, 0.3) is 34.0 Å². The third kappa shape index (κ3) is 5.47. The highest BCUT2D eigenvalue weighted by molar-refractivity contribution is 6.11. The molecule has 5 atom stereocenters. The second kappa shape index (κ2) is 14.3. The number of hydrogen-bond acceptors (Lipinski definition) is 4. The van der Waals surface area contributed by atoms with Crippen LogP contribution in [0.3, 0.4) is 0 Å². The van der Waals surface area contributed by atoms with Gasteiger partial charge in [-0.15, -0.1) is 0 Å². The van der Waals surface area contributed by atoms with Gasteiger partial charge in [-0.05, 0) is 95.4 Å². The van der Waals surface area contributed by atoms with E-state index in [4.69, 9.17) is 4.99 Å². The van der Waals surface area contributed by atoms with E-state index in [1.807, 2.05) is 0 Å². The summed E-state index contributed by atoms with van der Waals surface area (Å²) in [6.07, 6.45) is 30.7. The lowest BCUT2D eigenvalue weighted by Gasteiger charge is -2.39. The summed E-state index contributed by atoms with van der Waals surface area (Å²) in [7, 11) is 0. The molecule has 3 heterocycles. The number of hydrogen-bond donors (Lipinski definition) is 2. The maximum Gasteiger partial charge on any atom is 0.132 e. The Bertz CT molecular complexity index is 3140. The number of rotatable bonds is 5. The zero-order valence-electron chi connectivity index (χ0n) is 34.6. The highest BCUT2D eigenvalue weighted by atomic mass is 15.3. The van der Waals surface area contributed by atoms with Gasteiger partial charge in [0.1, 0.15) is 18.2 Å². The van der Waals surface area contributed by atoms with Crippen LogP contribution >= 0.6 is 0 Å². The maximum absolute atomic E-state index is 5.43. The van der Waals surface area contributed by atoms with Gasteiger partial charge >= 0.3 is 0 Å². The summed E-state index contributed by atoms with van der Waals surface area (Å²) in [6, 6.07) is 43.0. The highest BCUT2D eigenvalue weighted by Crippen LogP contribution is 2.59. The van der Waals surface area contributed by atoms with E-state index in [1.165, 1.54) is 89.0 Å². The summed E-state index contributed by atoms with van der Waals surface area (Å²) >= 11 is 0. The van der Waals surface area contributed by atoms with Crippen LogP contribution in [0.2, 0.25) is 0 Å². The molecule has 0 radical (unpaired) electrons. The second-order valence-corrected chi connectivity index (χ2v) is 17.6. The van der Waals surface area contributed by atoms with Gasteiger partial charge in [0.2, 0.25) is 0 Å². The summed E-state index contributed by atoms with van der Waals surface area (Å²) in [5.74, 6) is 1.20. The van der Waals surface area contributed by atoms with Gasteiger partial charge < -0.3 is 14.8 Å². The number of aromatic nitrogens is 1. The molecule has 2 N–H and O–H groups in total. The van der Waals surface area contributed by atoms with Gasteiger partial charge in [0.25, 0.3) is 0 Å². The Morgan fingerprint density at radius 3 is 2.42 bits per heavy atom. The lowest BCUT2D eigenvalue weighted by molar-refractivity contribution is 0.428. The lowest BCUT2D eigenvalue weighted by atomic mass is 9.78. The third-order valence-electron chi connectivity index (χ3n) is 14.3. The summed E-state index contributed by atoms with van der Waals surface area (Å²) < 4.78 is 2.73. The largest absolute Gasteiger partial charge is 0.351 e. The molecule has 5 aromatic carbocycles. The number of aliphatic imine (C=N–C) groups is 1. The summed E-state index contributed by atoms with van der Waals surface area (Å²) in [5, 5.41) is 10.4. The molecule has 0 fully saturated rings. The predicted molar refractivity (Wildman–Crippen MR) is 256 cm³/mol. The Labute approximate surface area is 362 Å². The van der Waals surface area contributed by atoms with Crippen molar-refractivity contribution in [1.82, 2.24) is 15.2 Å². The molecule has 62 heavy (non-hydrogen) atoms. The van der Waals surface area contributed by atoms with Crippen LogP contribution in [0.5, 0.6) is 0 Å². The SMILES string of the molecule is C1=CCCC(C2NC(C3=C4C=CC=C(N5C6=Cc7ccccc7C(n7c8ccccc8c8ccc9c(c87)C=CCC9)C6c6ccccc65)C4CC=C3)=NC(c3ccccc3)N2)=C1. The van der Waals surface area contributed by atoms with Gasteiger partial charge in [0, 0.05) is 50.4 Å². The van der Waals surface area contributed by atoms with Crippen molar-refractivity contribution in [3.63, 3.8) is 0 Å². The lowest BCUT2D eigenvalue weighted by Crippen LogP contribution is -2.52. The van der Waals surface area contributed by atoms with Crippen molar-refractivity contribution in [2.45, 2.75) is 56.4 Å². The summed E-state index contributed by atoms with van der Waals surface area (Å²) in [6.45, 7) is 0. The minimum Gasteiger partial charge on any atom is -0.351 e. The molecule has 5 nitrogen and oxygen atoms in total. The zero-order valence-corrected chi connectivity index (χ0v) is 34.6. The normalized spacial score (nSPS) is 24.4. The standard InChI is InChI=1S/C57H47N5/c1-3-18-37(19-4-1)55-58-56(38-20-5-2-6-21-38)60-57(59-55)46-29-15-28-43-42(46)27-16-32-48(43)61-50-31-14-12-26-47(50)52-51(61)35-39-22-8-10-24-41(39)54(52)62-49-30-13-11-25-44(49)45-34-33-36-17-7-9-23-40(36)53(45)62/h1-5,8-16,18-20,22-27,29-35,43,52,54-56,58H,6-7,17,21,28H2,(H,59,60). The molecule has 2 aliphatic heterocycles. The van der Waals surface area contributed by atoms with Crippen molar-refractivity contribution in [3.8, 4) is 0 Å². The van der Waals surface area contributed by atoms with Crippen LogP contribution in [0, 0.1) is 5.92 Å². The summed E-state index contributed by atoms with van der Waals surface area (Å²) in [4.78, 5) is 8.08. The van der Waals surface area contributed by atoms with Crippen LogP contribution in [0.4, 0.5) is 5.69 Å². The number of allylic oxidation sites excluding steroid dienone is 10. The van der Waals surface area contributed by atoms with E-state index in [-0.39, 0.29) is 30.2 Å². The molecule has 0 saturated carbocycles. The molecule has 5 heteroatoms. The Hall–Kier alpha value is -6.95. The number of aryl methyl sites for hydroxylation is 1. The molecule has 5 aliphatic carbocycles. The van der Waals surface area contributed by atoms with E-state index in [2.05, 4.69) is 202 Å². The molecule has 5 unspecified atom stereocenters. The molecule has 7 aliphatic rings.